The van der Waals surface area contributed by atoms with Gasteiger partial charge in [-0.15, -0.1) is 11.3 Å². The van der Waals surface area contributed by atoms with E-state index in [2.05, 4.69) is 26.2 Å². The summed E-state index contributed by atoms with van der Waals surface area (Å²) in [5, 5.41) is 14.4. The van der Waals surface area contributed by atoms with Gasteiger partial charge in [0.2, 0.25) is 0 Å². The Bertz CT molecular complexity index is 1020. The van der Waals surface area contributed by atoms with Crippen molar-refractivity contribution in [1.82, 2.24) is 4.98 Å². The molecule has 0 atom stereocenters. The Kier molecular flexibility index (Phi) is 5.52. The number of ether oxygens (including phenoxy) is 1. The van der Waals surface area contributed by atoms with E-state index in [0.717, 1.165) is 9.35 Å². The lowest BCUT2D eigenvalue weighted by atomic mass is 10.1. The second-order valence-electron chi connectivity index (χ2n) is 5.53. The van der Waals surface area contributed by atoms with Crippen molar-refractivity contribution in [2.75, 3.05) is 12.4 Å². The molecule has 9 heteroatoms. The molecule has 0 saturated carbocycles. The third-order valence-electron chi connectivity index (χ3n) is 3.77. The van der Waals surface area contributed by atoms with E-state index in [9.17, 15) is 14.9 Å². The Balaban J connectivity index is 1.88. The molecule has 1 N–H and O–H groups in total. The first-order valence-corrected chi connectivity index (χ1v) is 9.37. The number of benzene rings is 2. The van der Waals surface area contributed by atoms with Gasteiger partial charge < -0.3 is 4.74 Å². The molecule has 0 saturated heterocycles. The first kappa shape index (κ1) is 19.0. The topological polar surface area (TPSA) is 94.4 Å². The number of thiazole rings is 1. The van der Waals surface area contributed by atoms with Crippen molar-refractivity contribution < 1.29 is 14.5 Å². The number of aryl methyl sites for hydroxylation is 1. The maximum Gasteiger partial charge on any atom is 0.311 e. The third kappa shape index (κ3) is 4.15. The number of aromatic nitrogens is 1. The number of halogens is 1. The fourth-order valence-corrected chi connectivity index (χ4v) is 3.56. The van der Waals surface area contributed by atoms with Crippen LogP contribution >= 0.6 is 27.3 Å². The van der Waals surface area contributed by atoms with E-state index in [0.29, 0.717) is 22.0 Å². The van der Waals surface area contributed by atoms with Gasteiger partial charge in [-0.25, -0.2) is 4.98 Å². The van der Waals surface area contributed by atoms with Crippen molar-refractivity contribution in [2.45, 2.75) is 6.92 Å². The maximum atomic E-state index is 12.3. The van der Waals surface area contributed by atoms with Crippen molar-refractivity contribution in [3.63, 3.8) is 0 Å². The van der Waals surface area contributed by atoms with Crippen LogP contribution in [0.1, 0.15) is 15.2 Å². The summed E-state index contributed by atoms with van der Waals surface area (Å²) in [4.78, 5) is 28.3. The van der Waals surface area contributed by atoms with Gasteiger partial charge in [-0.1, -0.05) is 15.9 Å². The molecule has 138 valence electrons. The van der Waals surface area contributed by atoms with E-state index < -0.39 is 4.92 Å². The van der Waals surface area contributed by atoms with Crippen molar-refractivity contribution in [1.29, 1.82) is 0 Å². The van der Waals surface area contributed by atoms with Crippen LogP contribution in [0.4, 0.5) is 10.8 Å². The number of anilines is 1. The van der Waals surface area contributed by atoms with Gasteiger partial charge in [0.15, 0.2) is 10.9 Å². The molecule has 1 aromatic heterocycles. The number of nitrogens with zero attached hydrogens (tertiary/aromatic N) is 2. The molecule has 7 nitrogen and oxygen atoms in total. The lowest BCUT2D eigenvalue weighted by molar-refractivity contribution is -0.385. The number of nitro benzene ring substituents is 1. The Morgan fingerprint density at radius 3 is 2.59 bits per heavy atom. The second kappa shape index (κ2) is 7.85. The Morgan fingerprint density at radius 1 is 1.26 bits per heavy atom. The first-order valence-electron chi connectivity index (χ1n) is 7.76. The van der Waals surface area contributed by atoms with Gasteiger partial charge in [0.25, 0.3) is 5.91 Å². The standard InChI is InChI=1S/C18H14BrN3O4S/c1-10-16(12-5-8-15(26-2)14(9-12)22(24)25)20-18(27-10)21-17(23)11-3-6-13(19)7-4-11/h3-9H,1-2H3,(H,20,21,23). The summed E-state index contributed by atoms with van der Waals surface area (Å²) in [6, 6.07) is 11.6. The zero-order valence-electron chi connectivity index (χ0n) is 14.4. The Labute approximate surface area is 167 Å². The van der Waals surface area contributed by atoms with Gasteiger partial charge in [-0.2, -0.15) is 0 Å². The molecule has 0 spiro atoms. The van der Waals surface area contributed by atoms with Crippen LogP contribution in [0.15, 0.2) is 46.9 Å². The van der Waals surface area contributed by atoms with Gasteiger partial charge in [-0.05, 0) is 43.3 Å². The van der Waals surface area contributed by atoms with E-state index in [-0.39, 0.29) is 17.3 Å². The molecule has 0 bridgehead atoms. The Hall–Kier alpha value is -2.78. The smallest absolute Gasteiger partial charge is 0.311 e. The number of amides is 1. The largest absolute Gasteiger partial charge is 0.490 e. The van der Waals surface area contributed by atoms with Crippen LogP contribution in [0.5, 0.6) is 5.75 Å². The number of nitro groups is 1. The molecule has 0 aliphatic heterocycles. The van der Waals surface area contributed by atoms with Crippen LogP contribution in [-0.4, -0.2) is 22.9 Å². The molecule has 3 aromatic rings. The molecule has 27 heavy (non-hydrogen) atoms. The van der Waals surface area contributed by atoms with E-state index in [1.54, 1.807) is 30.3 Å². The van der Waals surface area contributed by atoms with Crippen molar-refractivity contribution >= 4 is 44.0 Å². The minimum Gasteiger partial charge on any atom is -0.490 e. The Morgan fingerprint density at radius 2 is 1.96 bits per heavy atom. The van der Waals surface area contributed by atoms with Crippen LogP contribution in [0.2, 0.25) is 0 Å². The molecule has 2 aromatic carbocycles. The van der Waals surface area contributed by atoms with E-state index >= 15 is 0 Å². The molecule has 0 fully saturated rings. The second-order valence-corrected chi connectivity index (χ2v) is 7.65. The van der Waals surface area contributed by atoms with Crippen LogP contribution in [0, 0.1) is 17.0 Å². The zero-order chi connectivity index (χ0) is 19.6. The summed E-state index contributed by atoms with van der Waals surface area (Å²) in [7, 11) is 1.38. The van der Waals surface area contributed by atoms with Crippen LogP contribution in [0.3, 0.4) is 0 Å². The molecular weight excluding hydrogens is 434 g/mol. The molecule has 3 rings (SSSR count). The fraction of sp³-hybridized carbons (Fsp3) is 0.111. The number of hydrogen-bond donors (Lipinski definition) is 1. The fourth-order valence-electron chi connectivity index (χ4n) is 2.47. The minimum absolute atomic E-state index is 0.136. The highest BCUT2D eigenvalue weighted by Gasteiger charge is 2.19. The highest BCUT2D eigenvalue weighted by atomic mass is 79.9. The molecule has 1 heterocycles. The molecule has 0 radical (unpaired) electrons. The normalized spacial score (nSPS) is 10.5. The number of carbonyl (C=O) groups excluding carboxylic acids is 1. The maximum absolute atomic E-state index is 12.3. The molecule has 0 aliphatic rings. The van der Waals surface area contributed by atoms with E-state index in [1.807, 2.05) is 6.92 Å². The highest BCUT2D eigenvalue weighted by Crippen LogP contribution is 2.36. The lowest BCUT2D eigenvalue weighted by Gasteiger charge is -2.04. The van der Waals surface area contributed by atoms with Crippen LogP contribution < -0.4 is 10.1 Å². The average Bonchev–Trinajstić information content (AvgIpc) is 3.01. The minimum atomic E-state index is -0.500. The number of nitrogens with one attached hydrogen (secondary N) is 1. The molecule has 0 unspecified atom stereocenters. The summed E-state index contributed by atoms with van der Waals surface area (Å²) >= 11 is 4.63. The summed E-state index contributed by atoms with van der Waals surface area (Å²) in [5.74, 6) is -0.0936. The summed E-state index contributed by atoms with van der Waals surface area (Å²) in [6.07, 6.45) is 0. The number of rotatable bonds is 5. The van der Waals surface area contributed by atoms with Gasteiger partial charge in [0.1, 0.15) is 0 Å². The number of carbonyl (C=O) groups is 1. The molecule has 0 aliphatic carbocycles. The average molecular weight is 448 g/mol. The quantitative estimate of drug-likeness (QED) is 0.436. The number of methoxy groups -OCH3 is 1. The third-order valence-corrected chi connectivity index (χ3v) is 5.19. The SMILES string of the molecule is COc1ccc(-c2nc(NC(=O)c3ccc(Br)cc3)sc2C)cc1[N+](=O)[O-]. The summed E-state index contributed by atoms with van der Waals surface area (Å²) < 4.78 is 5.91. The predicted octanol–water partition coefficient (Wildman–Crippen LogP) is 5.05. The lowest BCUT2D eigenvalue weighted by Crippen LogP contribution is -2.11. The molecular formula is C18H14BrN3O4S. The van der Waals surface area contributed by atoms with Crippen molar-refractivity contribution in [3.05, 3.63) is 67.5 Å². The summed E-state index contributed by atoms with van der Waals surface area (Å²) in [6.45, 7) is 1.85. The monoisotopic (exact) mass is 447 g/mol. The predicted molar refractivity (Wildman–Crippen MR) is 108 cm³/mol. The van der Waals surface area contributed by atoms with E-state index in [4.69, 9.17) is 4.74 Å². The van der Waals surface area contributed by atoms with Crippen LogP contribution in [0.25, 0.3) is 11.3 Å². The van der Waals surface area contributed by atoms with Crippen LogP contribution in [-0.2, 0) is 0 Å². The van der Waals surface area contributed by atoms with Crippen molar-refractivity contribution in [3.8, 4) is 17.0 Å². The van der Waals surface area contributed by atoms with Gasteiger partial charge in [0.05, 0.1) is 17.7 Å². The van der Waals surface area contributed by atoms with Gasteiger partial charge in [-0.3, -0.25) is 20.2 Å². The van der Waals surface area contributed by atoms with Gasteiger partial charge in [0, 0.05) is 26.5 Å². The summed E-state index contributed by atoms with van der Waals surface area (Å²) in [5.41, 5.74) is 1.53. The highest BCUT2D eigenvalue weighted by molar-refractivity contribution is 9.10. The zero-order valence-corrected chi connectivity index (χ0v) is 16.8. The van der Waals surface area contributed by atoms with Gasteiger partial charge >= 0.3 is 5.69 Å². The van der Waals surface area contributed by atoms with E-state index in [1.165, 1.54) is 30.6 Å². The van der Waals surface area contributed by atoms with Crippen molar-refractivity contribution in [2.24, 2.45) is 0 Å². The molecule has 1 amide bonds. The number of hydrogen-bond acceptors (Lipinski definition) is 6. The first-order chi connectivity index (χ1) is 12.9.